The Morgan fingerprint density at radius 2 is 1.56 bits per heavy atom. The van der Waals surface area contributed by atoms with E-state index in [0.29, 0.717) is 18.6 Å². The molecule has 0 saturated carbocycles. The Morgan fingerprint density at radius 3 is 1.88 bits per heavy atom. The molecule has 1 aromatic rings. The molecule has 1 heteroatoms. The lowest BCUT2D eigenvalue weighted by atomic mass is 10.0. The minimum atomic E-state index is 0.343. The van der Waals surface area contributed by atoms with Crippen LogP contribution in [0.25, 0.3) is 0 Å². The summed E-state index contributed by atoms with van der Waals surface area (Å²) in [5.74, 6) is 1.11. The second-order valence-corrected chi connectivity index (χ2v) is 4.33. The van der Waals surface area contributed by atoms with Gasteiger partial charge in [0, 0.05) is 12.8 Å². The number of benzene rings is 1. The van der Waals surface area contributed by atoms with Crippen molar-refractivity contribution in [2.24, 2.45) is 5.92 Å². The van der Waals surface area contributed by atoms with Crippen LogP contribution in [0.2, 0.25) is 0 Å². The summed E-state index contributed by atoms with van der Waals surface area (Å²) in [5, 5.41) is 0. The minimum Gasteiger partial charge on any atom is -0.300 e. The lowest BCUT2D eigenvalue weighted by Gasteiger charge is -2.02. The molecule has 0 radical (unpaired) electrons. The maximum Gasteiger partial charge on any atom is 0.132 e. The number of hydrogen-bond acceptors (Lipinski definition) is 1. The van der Waals surface area contributed by atoms with Crippen LogP contribution in [0.1, 0.15) is 46.1 Å². The Kier molecular flexibility index (Phi) is 8.51. The highest BCUT2D eigenvalue weighted by atomic mass is 16.1. The first-order valence-corrected chi connectivity index (χ1v) is 6.15. The summed E-state index contributed by atoms with van der Waals surface area (Å²) in [4.78, 5) is 10.2. The molecule has 0 amide bonds. The first-order chi connectivity index (χ1) is 7.60. The monoisotopic (exact) mass is 220 g/mol. The first-order valence-electron chi connectivity index (χ1n) is 6.15. The van der Waals surface area contributed by atoms with Gasteiger partial charge in [0.25, 0.3) is 0 Å². The van der Waals surface area contributed by atoms with Crippen molar-refractivity contribution in [2.75, 3.05) is 0 Å². The molecular weight excluding hydrogens is 196 g/mol. The van der Waals surface area contributed by atoms with Crippen LogP contribution in [0.5, 0.6) is 0 Å². The highest BCUT2D eigenvalue weighted by molar-refractivity contribution is 5.77. The maximum atomic E-state index is 10.2. The molecule has 0 unspecified atom stereocenters. The average molecular weight is 220 g/mol. The summed E-state index contributed by atoms with van der Waals surface area (Å²) >= 11 is 0. The van der Waals surface area contributed by atoms with Gasteiger partial charge in [-0.3, -0.25) is 4.79 Å². The van der Waals surface area contributed by atoms with Gasteiger partial charge in [-0.2, -0.15) is 0 Å². The normalized spacial score (nSPS) is 9.56. The third-order valence-corrected chi connectivity index (χ3v) is 2.28. The van der Waals surface area contributed by atoms with Crippen molar-refractivity contribution in [3.63, 3.8) is 0 Å². The largest absolute Gasteiger partial charge is 0.300 e. The molecule has 16 heavy (non-hydrogen) atoms. The van der Waals surface area contributed by atoms with Crippen LogP contribution >= 0.6 is 0 Å². The smallest absolute Gasteiger partial charge is 0.132 e. The predicted molar refractivity (Wildman–Crippen MR) is 70.6 cm³/mol. The van der Waals surface area contributed by atoms with E-state index >= 15 is 0 Å². The second-order valence-electron chi connectivity index (χ2n) is 4.33. The SMILES string of the molecule is CC(C)Cc1ccccc1.CCC(=O)CC. The Balaban J connectivity index is 0.000000325. The third kappa shape index (κ3) is 8.22. The van der Waals surface area contributed by atoms with E-state index < -0.39 is 0 Å². The van der Waals surface area contributed by atoms with Gasteiger partial charge < -0.3 is 0 Å². The van der Waals surface area contributed by atoms with Gasteiger partial charge in [-0.1, -0.05) is 58.0 Å². The fraction of sp³-hybridized carbons (Fsp3) is 0.533. The fourth-order valence-electron chi connectivity index (χ4n) is 1.34. The van der Waals surface area contributed by atoms with Gasteiger partial charge in [0.05, 0.1) is 0 Å². The molecule has 0 N–H and O–H groups in total. The first kappa shape index (κ1) is 14.9. The molecule has 0 spiro atoms. The van der Waals surface area contributed by atoms with E-state index in [9.17, 15) is 4.79 Å². The topological polar surface area (TPSA) is 17.1 Å². The van der Waals surface area contributed by atoms with Crippen molar-refractivity contribution in [3.8, 4) is 0 Å². The highest BCUT2D eigenvalue weighted by Crippen LogP contribution is 2.05. The quantitative estimate of drug-likeness (QED) is 0.741. The van der Waals surface area contributed by atoms with Crippen LogP contribution in [-0.2, 0) is 11.2 Å². The summed E-state index contributed by atoms with van der Waals surface area (Å²) in [7, 11) is 0. The molecule has 1 rings (SSSR count). The molecule has 1 aromatic carbocycles. The van der Waals surface area contributed by atoms with E-state index in [4.69, 9.17) is 0 Å². The van der Waals surface area contributed by atoms with Crippen molar-refractivity contribution in [1.82, 2.24) is 0 Å². The molecule has 0 aliphatic rings. The van der Waals surface area contributed by atoms with E-state index in [-0.39, 0.29) is 0 Å². The Bertz CT molecular complexity index is 269. The zero-order valence-corrected chi connectivity index (χ0v) is 11.0. The molecular formula is C15H24O. The zero-order chi connectivity index (χ0) is 12.4. The molecule has 0 saturated heterocycles. The number of ketones is 1. The Morgan fingerprint density at radius 1 is 1.06 bits per heavy atom. The molecule has 0 aromatic heterocycles. The second kappa shape index (κ2) is 9.14. The highest BCUT2D eigenvalue weighted by Gasteiger charge is 1.94. The summed E-state index contributed by atoms with van der Waals surface area (Å²) < 4.78 is 0. The van der Waals surface area contributed by atoms with Gasteiger partial charge in [0.1, 0.15) is 5.78 Å². The number of carbonyl (C=O) groups excluding carboxylic acids is 1. The van der Waals surface area contributed by atoms with Crippen molar-refractivity contribution < 1.29 is 4.79 Å². The lowest BCUT2D eigenvalue weighted by molar-refractivity contribution is -0.118. The van der Waals surface area contributed by atoms with Gasteiger partial charge in [0.2, 0.25) is 0 Å². The number of carbonyl (C=O) groups is 1. The number of Topliss-reactive ketones (excluding diaryl/α,β-unsaturated/α-hetero) is 1. The predicted octanol–water partition coefficient (Wildman–Crippen LogP) is 4.26. The standard InChI is InChI=1S/C10H14.C5H10O/c1-9(2)8-10-6-4-3-5-7-10;1-3-5(6)4-2/h3-7,9H,8H2,1-2H3;3-4H2,1-2H3. The molecule has 0 atom stereocenters. The van der Waals surface area contributed by atoms with Crippen LogP contribution in [0.3, 0.4) is 0 Å². The third-order valence-electron chi connectivity index (χ3n) is 2.28. The Labute approximate surface area is 99.9 Å². The van der Waals surface area contributed by atoms with E-state index in [1.54, 1.807) is 0 Å². The van der Waals surface area contributed by atoms with Gasteiger partial charge in [-0.05, 0) is 17.9 Å². The van der Waals surface area contributed by atoms with Gasteiger partial charge in [-0.15, -0.1) is 0 Å². The molecule has 0 aliphatic carbocycles. The molecule has 0 aliphatic heterocycles. The van der Waals surface area contributed by atoms with Crippen LogP contribution in [0.4, 0.5) is 0 Å². The summed E-state index contributed by atoms with van der Waals surface area (Å²) in [5.41, 5.74) is 1.44. The molecule has 90 valence electrons. The summed E-state index contributed by atoms with van der Waals surface area (Å²) in [6.07, 6.45) is 2.58. The van der Waals surface area contributed by atoms with Crippen LogP contribution in [-0.4, -0.2) is 5.78 Å². The number of rotatable bonds is 4. The van der Waals surface area contributed by atoms with Crippen LogP contribution < -0.4 is 0 Å². The van der Waals surface area contributed by atoms with E-state index in [1.165, 1.54) is 12.0 Å². The van der Waals surface area contributed by atoms with E-state index in [0.717, 1.165) is 5.92 Å². The average Bonchev–Trinajstić information content (AvgIpc) is 2.29. The molecule has 0 bridgehead atoms. The molecule has 0 heterocycles. The van der Waals surface area contributed by atoms with Crippen LogP contribution in [0, 0.1) is 5.92 Å². The van der Waals surface area contributed by atoms with Gasteiger partial charge in [-0.25, -0.2) is 0 Å². The van der Waals surface area contributed by atoms with E-state index in [2.05, 4.69) is 44.2 Å². The number of hydrogen-bond donors (Lipinski definition) is 0. The summed E-state index contributed by atoms with van der Waals surface area (Å²) in [6, 6.07) is 10.6. The van der Waals surface area contributed by atoms with Crippen LogP contribution in [0.15, 0.2) is 30.3 Å². The zero-order valence-electron chi connectivity index (χ0n) is 11.0. The van der Waals surface area contributed by atoms with Gasteiger partial charge >= 0.3 is 0 Å². The lowest BCUT2D eigenvalue weighted by Crippen LogP contribution is -1.92. The van der Waals surface area contributed by atoms with Crippen molar-refractivity contribution in [2.45, 2.75) is 47.0 Å². The maximum absolute atomic E-state index is 10.2. The summed E-state index contributed by atoms with van der Waals surface area (Å²) in [6.45, 7) is 8.25. The van der Waals surface area contributed by atoms with E-state index in [1.807, 2.05) is 13.8 Å². The molecule has 1 nitrogen and oxygen atoms in total. The van der Waals surface area contributed by atoms with Gasteiger partial charge in [0.15, 0.2) is 0 Å². The van der Waals surface area contributed by atoms with Crippen molar-refractivity contribution >= 4 is 5.78 Å². The van der Waals surface area contributed by atoms with Crippen molar-refractivity contribution in [3.05, 3.63) is 35.9 Å². The minimum absolute atomic E-state index is 0.343. The molecule has 0 fully saturated rings. The fourth-order valence-corrected chi connectivity index (χ4v) is 1.34. The van der Waals surface area contributed by atoms with Crippen molar-refractivity contribution in [1.29, 1.82) is 0 Å². The Hall–Kier alpha value is -1.11.